The number of rotatable bonds is 19. The fourth-order valence-electron chi connectivity index (χ4n) is 7.03. The molecule has 68 heavy (non-hydrogen) atoms. The average Bonchev–Trinajstić information content (AvgIpc) is 3.93. The molecule has 3 aromatic rings. The van der Waals surface area contributed by atoms with Crippen LogP contribution < -0.4 is 9.47 Å². The molecule has 0 N–H and O–H groups in total. The third-order valence-electron chi connectivity index (χ3n) is 9.44. The van der Waals surface area contributed by atoms with Crippen molar-refractivity contribution in [2.24, 2.45) is 0 Å². The number of carbonyl (C=O) groups is 8. The van der Waals surface area contributed by atoms with Crippen LogP contribution in [0.4, 0.5) is 0 Å². The van der Waals surface area contributed by atoms with Gasteiger partial charge in [-0.1, -0.05) is 10.4 Å². The zero-order valence-electron chi connectivity index (χ0n) is 37.9. The molecule has 2 saturated heterocycles. The van der Waals surface area contributed by atoms with Gasteiger partial charge in [-0.25, -0.2) is 9.36 Å². The first kappa shape index (κ1) is 52.0. The first-order valence-corrected chi connectivity index (χ1v) is 21.1. The number of halogens is 1. The third kappa shape index (κ3) is 14.5. The van der Waals surface area contributed by atoms with E-state index in [0.717, 1.165) is 55.4 Å². The maximum absolute atomic E-state index is 12.3. The predicted molar refractivity (Wildman–Crippen MR) is 219 cm³/mol. The average molecular weight is 981 g/mol. The standard InChI is InChI=1S/C41H49ClN6O20/c1-19(49)57-17-32-34(61-21(3)51)36(63-23(5)53)38(65-25(7)55)40(67-32)47-13-28(43-45-47)15-59-30-9-27(12-42)10-31(11-30)60-16-29-14-48(46-44-29)41-39(66-26(8)56)37(64-24(6)54)35(62-22(4)52)33(68-41)18-58-20(2)50/h9-11,13-14,32-41H,12,15-18H2,1-8H3/t32-,33-,34-,35-,36+,37+,38-,39-,40+,41+/m1/s1. The van der Waals surface area contributed by atoms with Crippen molar-refractivity contribution in [3.05, 3.63) is 47.5 Å². The normalized spacial score (nSPS) is 24.3. The van der Waals surface area contributed by atoms with Gasteiger partial charge in [-0.3, -0.25) is 38.4 Å². The van der Waals surface area contributed by atoms with Crippen molar-refractivity contribution >= 4 is 59.4 Å². The second kappa shape index (κ2) is 23.7. The molecule has 0 amide bonds. The quantitative estimate of drug-likeness (QED) is 0.0928. The Hall–Kier alpha value is -6.93. The van der Waals surface area contributed by atoms with E-state index in [4.69, 9.17) is 68.4 Å². The molecule has 1 aromatic carbocycles. The third-order valence-corrected chi connectivity index (χ3v) is 9.75. The number of hydrogen-bond donors (Lipinski definition) is 0. The summed E-state index contributed by atoms with van der Waals surface area (Å²) in [6.07, 6.45) is -10.8. The summed E-state index contributed by atoms with van der Waals surface area (Å²) in [4.78, 5) is 96.8. The number of carbonyl (C=O) groups excluding carboxylic acids is 8. The minimum Gasteiger partial charge on any atom is -0.487 e. The van der Waals surface area contributed by atoms with Crippen LogP contribution in [0.15, 0.2) is 30.6 Å². The van der Waals surface area contributed by atoms with Crippen LogP contribution in [-0.4, -0.2) is 140 Å². The lowest BCUT2D eigenvalue weighted by atomic mass is 9.97. The van der Waals surface area contributed by atoms with Crippen molar-refractivity contribution in [1.82, 2.24) is 30.0 Å². The minimum absolute atomic E-state index is 0.0474. The van der Waals surface area contributed by atoms with E-state index in [0.29, 0.717) is 5.56 Å². The molecule has 2 aliphatic rings. The number of esters is 8. The molecule has 2 aromatic heterocycles. The maximum Gasteiger partial charge on any atom is 0.303 e. The molecule has 27 heteroatoms. The van der Waals surface area contributed by atoms with Crippen molar-refractivity contribution < 1.29 is 95.2 Å². The number of ether oxygens (including phenoxy) is 12. The zero-order chi connectivity index (χ0) is 49.8. The SMILES string of the molecule is CC(=O)OC[C@H]1O[C@H](n2cc(COc3cc(CCl)cc(OCc4cn([C@H]5O[C@H](COC(C)=O)[C@@H](OC(C)=O)[C@H](OC(C)=O)[C@H]5OC(C)=O)nn4)c3)nn2)[C@H](OC(C)=O)[C@@H](OC(C)=O)[C@@H]1OC(C)=O. The highest BCUT2D eigenvalue weighted by Crippen LogP contribution is 2.36. The van der Waals surface area contributed by atoms with E-state index in [1.54, 1.807) is 18.2 Å². The van der Waals surface area contributed by atoms with Crippen molar-refractivity contribution in [3.8, 4) is 11.5 Å². The van der Waals surface area contributed by atoms with Crippen LogP contribution in [0.3, 0.4) is 0 Å². The molecule has 0 aliphatic carbocycles. The molecule has 0 unspecified atom stereocenters. The molecule has 10 atom stereocenters. The molecule has 26 nitrogen and oxygen atoms in total. The highest BCUT2D eigenvalue weighted by Gasteiger charge is 2.55. The molecule has 2 fully saturated rings. The summed E-state index contributed by atoms with van der Waals surface area (Å²) in [5.74, 6) is -5.53. The van der Waals surface area contributed by atoms with E-state index in [-0.39, 0.29) is 42.0 Å². The topological polar surface area (TPSA) is 309 Å². The molecule has 2 aliphatic heterocycles. The molecular formula is C41H49ClN6O20. The number of benzene rings is 1. The molecule has 0 spiro atoms. The molecule has 0 radical (unpaired) electrons. The molecule has 0 bridgehead atoms. The Morgan fingerprint density at radius 2 is 0.838 bits per heavy atom. The largest absolute Gasteiger partial charge is 0.487 e. The Kier molecular flexibility index (Phi) is 18.1. The highest BCUT2D eigenvalue weighted by molar-refractivity contribution is 6.17. The second-order valence-electron chi connectivity index (χ2n) is 15.1. The lowest BCUT2D eigenvalue weighted by Gasteiger charge is -2.44. The number of nitrogens with zero attached hydrogens (tertiary/aromatic N) is 6. The van der Waals surface area contributed by atoms with Gasteiger partial charge < -0.3 is 56.8 Å². The first-order valence-electron chi connectivity index (χ1n) is 20.6. The molecule has 5 rings (SSSR count). The van der Waals surface area contributed by atoms with Gasteiger partial charge >= 0.3 is 47.8 Å². The van der Waals surface area contributed by atoms with E-state index in [1.807, 2.05) is 0 Å². The van der Waals surface area contributed by atoms with Gasteiger partial charge in [0.05, 0.1) is 12.4 Å². The maximum atomic E-state index is 12.3. The lowest BCUT2D eigenvalue weighted by molar-refractivity contribution is -0.270. The Bertz CT molecular complexity index is 2170. The van der Waals surface area contributed by atoms with Gasteiger partial charge in [0.1, 0.15) is 61.5 Å². The van der Waals surface area contributed by atoms with Gasteiger partial charge in [-0.2, -0.15) is 0 Å². The molecule has 4 heterocycles. The summed E-state index contributed by atoms with van der Waals surface area (Å²) < 4.78 is 69.9. The number of alkyl halides is 1. The summed E-state index contributed by atoms with van der Waals surface area (Å²) >= 11 is 6.21. The van der Waals surface area contributed by atoms with Crippen LogP contribution in [0.5, 0.6) is 11.5 Å². The Balaban J connectivity index is 1.33. The molecule has 370 valence electrons. The summed E-state index contributed by atoms with van der Waals surface area (Å²) in [5, 5.41) is 16.5. The summed E-state index contributed by atoms with van der Waals surface area (Å²) in [6.45, 7) is 7.66. The summed E-state index contributed by atoms with van der Waals surface area (Å²) in [6, 6.07) is 4.83. The van der Waals surface area contributed by atoms with Crippen LogP contribution in [0.25, 0.3) is 0 Å². The van der Waals surface area contributed by atoms with Gasteiger partial charge in [-0.15, -0.1) is 21.8 Å². The summed E-state index contributed by atoms with van der Waals surface area (Å²) in [5.41, 5.74) is 1.05. The van der Waals surface area contributed by atoms with E-state index in [1.165, 1.54) is 21.8 Å². The van der Waals surface area contributed by atoms with Crippen molar-refractivity contribution in [1.29, 1.82) is 0 Å². The van der Waals surface area contributed by atoms with Crippen LogP contribution >= 0.6 is 11.6 Å². The van der Waals surface area contributed by atoms with Crippen LogP contribution in [0.2, 0.25) is 0 Å². The second-order valence-corrected chi connectivity index (χ2v) is 15.4. The van der Waals surface area contributed by atoms with E-state index in [2.05, 4.69) is 20.6 Å². The van der Waals surface area contributed by atoms with Crippen LogP contribution in [0.1, 0.15) is 84.8 Å². The fraction of sp³-hybridized carbons (Fsp3) is 0.561. The first-order chi connectivity index (χ1) is 32.2. The van der Waals surface area contributed by atoms with Gasteiger partial charge in [-0.05, 0) is 17.7 Å². The summed E-state index contributed by atoms with van der Waals surface area (Å²) in [7, 11) is 0. The van der Waals surface area contributed by atoms with Gasteiger partial charge in [0.2, 0.25) is 0 Å². The molecule has 0 saturated carbocycles. The Morgan fingerprint density at radius 3 is 1.16 bits per heavy atom. The van der Waals surface area contributed by atoms with Gasteiger partial charge in [0.15, 0.2) is 49.1 Å². The Morgan fingerprint density at radius 1 is 0.500 bits per heavy atom. The van der Waals surface area contributed by atoms with Gasteiger partial charge in [0.25, 0.3) is 0 Å². The van der Waals surface area contributed by atoms with Crippen molar-refractivity contribution in [2.75, 3.05) is 13.2 Å². The fourth-order valence-corrected chi connectivity index (χ4v) is 7.19. The monoisotopic (exact) mass is 980 g/mol. The van der Waals surface area contributed by atoms with Crippen molar-refractivity contribution in [3.63, 3.8) is 0 Å². The van der Waals surface area contributed by atoms with Gasteiger partial charge in [0, 0.05) is 67.3 Å². The van der Waals surface area contributed by atoms with E-state index >= 15 is 0 Å². The van der Waals surface area contributed by atoms with E-state index in [9.17, 15) is 38.4 Å². The minimum atomic E-state index is -1.43. The zero-order valence-corrected chi connectivity index (χ0v) is 38.7. The van der Waals surface area contributed by atoms with Crippen LogP contribution in [0, 0.1) is 0 Å². The number of hydrogen-bond acceptors (Lipinski definition) is 24. The van der Waals surface area contributed by atoms with E-state index < -0.39 is 122 Å². The number of aromatic nitrogens is 6. The Labute approximate surface area is 391 Å². The molecular weight excluding hydrogens is 932 g/mol. The highest BCUT2D eigenvalue weighted by atomic mass is 35.5. The smallest absolute Gasteiger partial charge is 0.303 e. The lowest BCUT2D eigenvalue weighted by Crippen LogP contribution is -2.60. The van der Waals surface area contributed by atoms with Crippen LogP contribution in [-0.2, 0) is 105 Å². The van der Waals surface area contributed by atoms with Crippen molar-refractivity contribution in [2.45, 2.75) is 136 Å². The predicted octanol–water partition coefficient (Wildman–Crippen LogP) is 1.28.